The van der Waals surface area contributed by atoms with Gasteiger partial charge in [0.05, 0.1) is 0 Å². The zero-order chi connectivity index (χ0) is 21.3. The molecule has 3 nitrogen and oxygen atoms in total. The lowest BCUT2D eigenvalue weighted by molar-refractivity contribution is 0.103. The van der Waals surface area contributed by atoms with Crippen molar-refractivity contribution in [1.82, 2.24) is 0 Å². The highest BCUT2D eigenvalue weighted by Gasteiger charge is 2.21. The van der Waals surface area contributed by atoms with Crippen LogP contribution in [0.2, 0.25) is 0 Å². The number of carbonyl (C=O) groups excluding carboxylic acids is 1. The van der Waals surface area contributed by atoms with Gasteiger partial charge in [0.25, 0.3) is 0 Å². The number of hydrogen-bond donors (Lipinski definition) is 2. The van der Waals surface area contributed by atoms with Gasteiger partial charge < -0.3 is 11.5 Å². The summed E-state index contributed by atoms with van der Waals surface area (Å²) in [6, 6.07) is 7.87. The number of rotatable bonds is 6. The zero-order valence-corrected chi connectivity index (χ0v) is 18.7. The number of nitrogens with two attached hydrogens (primary N) is 2. The average molecular weight is 381 g/mol. The average Bonchev–Trinajstić information content (AvgIpc) is 2.60. The second-order valence-electron chi connectivity index (χ2n) is 9.08. The third kappa shape index (κ3) is 4.24. The first kappa shape index (κ1) is 22.0. The highest BCUT2D eigenvalue weighted by atomic mass is 16.1. The van der Waals surface area contributed by atoms with E-state index in [4.69, 9.17) is 11.5 Å². The molecule has 0 heterocycles. The maximum Gasteiger partial charge on any atom is 0.193 e. The molecule has 152 valence electrons. The van der Waals surface area contributed by atoms with Gasteiger partial charge in [-0.2, -0.15) is 0 Å². The Labute approximate surface area is 170 Å². The molecule has 2 rings (SSSR count). The standard InChI is InChI=1S/C25H36N2O/c1-13(2)19-9-17(10-20(14(3)4)23(19)26)25(28)18-11-21(15(5)6)24(27)22(12-18)16(7)8/h9-16H,26-27H2,1-8H3. The molecule has 0 atom stereocenters. The van der Waals surface area contributed by atoms with Crippen LogP contribution >= 0.6 is 0 Å². The Kier molecular flexibility index (Phi) is 6.59. The highest BCUT2D eigenvalue weighted by Crippen LogP contribution is 2.35. The van der Waals surface area contributed by atoms with Gasteiger partial charge in [0.1, 0.15) is 0 Å². The molecule has 0 aliphatic heterocycles. The summed E-state index contributed by atoms with van der Waals surface area (Å²) in [5.41, 5.74) is 20.0. The van der Waals surface area contributed by atoms with E-state index in [0.717, 1.165) is 33.6 Å². The SMILES string of the molecule is CC(C)c1cc(C(=O)c2cc(C(C)C)c(N)c(C(C)C)c2)cc(C(C)C)c1N. The highest BCUT2D eigenvalue weighted by molar-refractivity contribution is 6.10. The molecule has 3 heteroatoms. The van der Waals surface area contributed by atoms with E-state index in [1.54, 1.807) is 0 Å². The second-order valence-corrected chi connectivity index (χ2v) is 9.08. The van der Waals surface area contributed by atoms with E-state index in [1.165, 1.54) is 0 Å². The fraction of sp³-hybridized carbons (Fsp3) is 0.480. The van der Waals surface area contributed by atoms with Crippen molar-refractivity contribution < 1.29 is 4.79 Å². The summed E-state index contributed by atoms with van der Waals surface area (Å²) < 4.78 is 0. The third-order valence-electron chi connectivity index (χ3n) is 5.50. The van der Waals surface area contributed by atoms with Crippen LogP contribution in [0.1, 0.15) is 117 Å². The smallest absolute Gasteiger partial charge is 0.193 e. The minimum absolute atomic E-state index is 0.0348. The van der Waals surface area contributed by atoms with Gasteiger partial charge in [-0.25, -0.2) is 0 Å². The van der Waals surface area contributed by atoms with Crippen molar-refractivity contribution in [3.63, 3.8) is 0 Å². The Morgan fingerprint density at radius 3 is 0.964 bits per heavy atom. The number of carbonyl (C=O) groups is 1. The monoisotopic (exact) mass is 380 g/mol. The molecule has 0 fully saturated rings. The molecule has 0 amide bonds. The summed E-state index contributed by atoms with van der Waals surface area (Å²) in [6.07, 6.45) is 0. The molecule has 28 heavy (non-hydrogen) atoms. The van der Waals surface area contributed by atoms with Gasteiger partial charge in [-0.3, -0.25) is 4.79 Å². The maximum atomic E-state index is 13.5. The van der Waals surface area contributed by atoms with E-state index in [-0.39, 0.29) is 29.5 Å². The third-order valence-corrected chi connectivity index (χ3v) is 5.50. The summed E-state index contributed by atoms with van der Waals surface area (Å²) in [4.78, 5) is 13.5. The van der Waals surface area contributed by atoms with Gasteiger partial charge >= 0.3 is 0 Å². The van der Waals surface area contributed by atoms with Crippen molar-refractivity contribution in [2.45, 2.75) is 79.1 Å². The number of nitrogen functional groups attached to an aromatic ring is 2. The first-order valence-corrected chi connectivity index (χ1v) is 10.4. The first-order valence-electron chi connectivity index (χ1n) is 10.4. The number of hydrogen-bond acceptors (Lipinski definition) is 3. The van der Waals surface area contributed by atoms with E-state index in [1.807, 2.05) is 24.3 Å². The molecule has 0 spiro atoms. The van der Waals surface area contributed by atoms with E-state index < -0.39 is 0 Å². The van der Waals surface area contributed by atoms with Crippen molar-refractivity contribution in [3.8, 4) is 0 Å². The van der Waals surface area contributed by atoms with Crippen LogP contribution in [0, 0.1) is 0 Å². The molecule has 0 bridgehead atoms. The van der Waals surface area contributed by atoms with E-state index in [9.17, 15) is 4.79 Å². The molecule has 0 aliphatic carbocycles. The Hall–Kier alpha value is -2.29. The van der Waals surface area contributed by atoms with Crippen LogP contribution in [-0.2, 0) is 0 Å². The molecule has 0 saturated heterocycles. The summed E-state index contributed by atoms with van der Waals surface area (Å²) in [5.74, 6) is 1.07. The van der Waals surface area contributed by atoms with E-state index >= 15 is 0 Å². The van der Waals surface area contributed by atoms with Crippen molar-refractivity contribution in [2.24, 2.45) is 0 Å². The Morgan fingerprint density at radius 1 is 0.571 bits per heavy atom. The van der Waals surface area contributed by atoms with Gasteiger partial charge in [0.2, 0.25) is 0 Å². The van der Waals surface area contributed by atoms with Gasteiger partial charge in [0, 0.05) is 22.5 Å². The van der Waals surface area contributed by atoms with Crippen LogP contribution in [0.3, 0.4) is 0 Å². The zero-order valence-electron chi connectivity index (χ0n) is 18.7. The van der Waals surface area contributed by atoms with Gasteiger partial charge in [-0.1, -0.05) is 55.4 Å². The van der Waals surface area contributed by atoms with Crippen LogP contribution in [0.4, 0.5) is 11.4 Å². The topological polar surface area (TPSA) is 69.1 Å². The maximum absolute atomic E-state index is 13.5. The number of ketones is 1. The van der Waals surface area contributed by atoms with Crippen LogP contribution in [0.25, 0.3) is 0 Å². The molecule has 0 aliphatic rings. The van der Waals surface area contributed by atoms with Crippen LogP contribution in [0.5, 0.6) is 0 Å². The lowest BCUT2D eigenvalue weighted by Gasteiger charge is -2.20. The lowest BCUT2D eigenvalue weighted by atomic mass is 9.86. The Balaban J connectivity index is 2.69. The van der Waals surface area contributed by atoms with Crippen molar-refractivity contribution >= 4 is 17.2 Å². The molecule has 0 unspecified atom stereocenters. The molecular formula is C25H36N2O. The summed E-state index contributed by atoms with van der Waals surface area (Å²) >= 11 is 0. The van der Waals surface area contributed by atoms with Crippen LogP contribution in [-0.4, -0.2) is 5.78 Å². The molecular weight excluding hydrogens is 344 g/mol. The van der Waals surface area contributed by atoms with Crippen LogP contribution in [0.15, 0.2) is 24.3 Å². The Morgan fingerprint density at radius 2 is 0.786 bits per heavy atom. The summed E-state index contributed by atoms with van der Waals surface area (Å²) in [5, 5.41) is 0. The number of benzene rings is 2. The van der Waals surface area contributed by atoms with Crippen molar-refractivity contribution in [1.29, 1.82) is 0 Å². The van der Waals surface area contributed by atoms with Gasteiger partial charge in [0.15, 0.2) is 5.78 Å². The van der Waals surface area contributed by atoms with E-state index in [2.05, 4.69) is 55.4 Å². The van der Waals surface area contributed by atoms with Crippen LogP contribution < -0.4 is 11.5 Å². The molecule has 0 aromatic heterocycles. The molecule has 4 N–H and O–H groups in total. The fourth-order valence-corrected chi connectivity index (χ4v) is 3.74. The molecule has 2 aromatic rings. The number of anilines is 2. The normalized spacial score (nSPS) is 11.9. The van der Waals surface area contributed by atoms with Crippen molar-refractivity contribution in [3.05, 3.63) is 57.6 Å². The first-order chi connectivity index (χ1) is 13.0. The summed E-state index contributed by atoms with van der Waals surface area (Å²) in [7, 11) is 0. The lowest BCUT2D eigenvalue weighted by Crippen LogP contribution is -2.11. The molecule has 0 saturated carbocycles. The molecule has 2 aromatic carbocycles. The largest absolute Gasteiger partial charge is 0.398 e. The predicted molar refractivity (Wildman–Crippen MR) is 121 cm³/mol. The van der Waals surface area contributed by atoms with E-state index in [0.29, 0.717) is 11.1 Å². The minimum Gasteiger partial charge on any atom is -0.398 e. The summed E-state index contributed by atoms with van der Waals surface area (Å²) in [6.45, 7) is 16.9. The minimum atomic E-state index is 0.0348. The fourth-order valence-electron chi connectivity index (χ4n) is 3.74. The van der Waals surface area contributed by atoms with Gasteiger partial charge in [-0.05, 0) is 70.2 Å². The molecule has 0 radical (unpaired) electrons. The quantitative estimate of drug-likeness (QED) is 0.439. The second kappa shape index (κ2) is 8.38. The van der Waals surface area contributed by atoms with Crippen molar-refractivity contribution in [2.75, 3.05) is 11.5 Å². The predicted octanol–water partition coefficient (Wildman–Crippen LogP) is 6.58. The Bertz CT molecular complexity index is 747. The van der Waals surface area contributed by atoms with Gasteiger partial charge in [-0.15, -0.1) is 0 Å².